The molecular formula is C14H22BrNO2S. The summed E-state index contributed by atoms with van der Waals surface area (Å²) in [5.41, 5.74) is 2.36. The minimum atomic E-state index is -2.93. The molecule has 0 aromatic heterocycles. The molecule has 1 N–H and O–H groups in total. The predicted octanol–water partition coefficient (Wildman–Crippen LogP) is 3.23. The predicted molar refractivity (Wildman–Crippen MR) is 84.2 cm³/mol. The molecule has 1 aromatic rings. The van der Waals surface area contributed by atoms with Gasteiger partial charge in [-0.05, 0) is 49.6 Å². The summed E-state index contributed by atoms with van der Waals surface area (Å²) in [6.07, 6.45) is 2.93. The second-order valence-electron chi connectivity index (χ2n) is 4.93. The molecule has 0 bridgehead atoms. The van der Waals surface area contributed by atoms with Crippen molar-refractivity contribution in [3.63, 3.8) is 0 Å². The minimum Gasteiger partial charge on any atom is -0.310 e. The van der Waals surface area contributed by atoms with E-state index in [1.165, 1.54) is 17.4 Å². The van der Waals surface area contributed by atoms with Crippen molar-refractivity contribution in [1.29, 1.82) is 0 Å². The number of benzene rings is 1. The lowest BCUT2D eigenvalue weighted by Gasteiger charge is -2.21. The van der Waals surface area contributed by atoms with E-state index >= 15 is 0 Å². The van der Waals surface area contributed by atoms with Crippen molar-refractivity contribution in [1.82, 2.24) is 5.32 Å². The van der Waals surface area contributed by atoms with Crippen LogP contribution < -0.4 is 5.32 Å². The number of hydrogen-bond donors (Lipinski definition) is 1. The number of aryl methyl sites for hydroxylation is 1. The third-order valence-electron chi connectivity index (χ3n) is 3.03. The average molecular weight is 348 g/mol. The van der Waals surface area contributed by atoms with Gasteiger partial charge >= 0.3 is 0 Å². The van der Waals surface area contributed by atoms with Crippen LogP contribution in [0.1, 0.15) is 36.9 Å². The van der Waals surface area contributed by atoms with Crippen LogP contribution >= 0.6 is 15.9 Å². The van der Waals surface area contributed by atoms with Gasteiger partial charge in [-0.15, -0.1) is 0 Å². The van der Waals surface area contributed by atoms with Crippen LogP contribution in [0, 0.1) is 6.92 Å². The minimum absolute atomic E-state index is 0.0900. The molecule has 0 fully saturated rings. The van der Waals surface area contributed by atoms with Gasteiger partial charge in [-0.3, -0.25) is 0 Å². The Morgan fingerprint density at radius 1 is 1.37 bits per heavy atom. The Hall–Kier alpha value is -0.390. The highest BCUT2D eigenvalue weighted by Gasteiger charge is 2.16. The van der Waals surface area contributed by atoms with E-state index in [-0.39, 0.29) is 11.8 Å². The second kappa shape index (κ2) is 7.41. The van der Waals surface area contributed by atoms with Gasteiger partial charge in [-0.1, -0.05) is 28.9 Å². The van der Waals surface area contributed by atoms with E-state index < -0.39 is 9.84 Å². The molecule has 108 valence electrons. The fraction of sp³-hybridized carbons (Fsp3) is 0.571. The van der Waals surface area contributed by atoms with Crippen molar-refractivity contribution in [2.24, 2.45) is 0 Å². The number of rotatable bonds is 7. The highest BCUT2D eigenvalue weighted by atomic mass is 79.9. The lowest BCUT2D eigenvalue weighted by molar-refractivity contribution is 0.511. The van der Waals surface area contributed by atoms with Crippen LogP contribution in [-0.2, 0) is 9.84 Å². The Balaban J connectivity index is 2.91. The van der Waals surface area contributed by atoms with Gasteiger partial charge in [0.05, 0.1) is 5.75 Å². The highest BCUT2D eigenvalue weighted by Crippen LogP contribution is 2.25. The Morgan fingerprint density at radius 3 is 2.63 bits per heavy atom. The Labute approximate surface area is 124 Å². The zero-order valence-electron chi connectivity index (χ0n) is 11.7. The summed E-state index contributed by atoms with van der Waals surface area (Å²) in [6, 6.07) is 6.23. The first kappa shape index (κ1) is 16.7. The van der Waals surface area contributed by atoms with Crippen molar-refractivity contribution < 1.29 is 8.42 Å². The van der Waals surface area contributed by atoms with Gasteiger partial charge in [-0.25, -0.2) is 8.42 Å². The zero-order chi connectivity index (χ0) is 14.5. The summed E-state index contributed by atoms with van der Waals surface area (Å²) in [7, 11) is -2.93. The fourth-order valence-corrected chi connectivity index (χ4v) is 3.05. The lowest BCUT2D eigenvalue weighted by atomic mass is 9.99. The average Bonchev–Trinajstić information content (AvgIpc) is 2.32. The first-order valence-corrected chi connectivity index (χ1v) is 9.36. The molecule has 1 unspecified atom stereocenters. The van der Waals surface area contributed by atoms with E-state index in [1.807, 2.05) is 6.07 Å². The number of nitrogens with one attached hydrogen (secondary N) is 1. The van der Waals surface area contributed by atoms with Crippen molar-refractivity contribution in [3.8, 4) is 0 Å². The first-order chi connectivity index (χ1) is 8.83. The van der Waals surface area contributed by atoms with Crippen LogP contribution in [-0.4, -0.2) is 27.0 Å². The summed E-state index contributed by atoms with van der Waals surface area (Å²) in [5.74, 6) is 0.209. The van der Waals surface area contributed by atoms with Gasteiger partial charge < -0.3 is 5.32 Å². The van der Waals surface area contributed by atoms with E-state index in [4.69, 9.17) is 0 Å². The van der Waals surface area contributed by atoms with Crippen LogP contribution in [0.4, 0.5) is 0 Å². The summed E-state index contributed by atoms with van der Waals surface area (Å²) in [4.78, 5) is 0. The maximum Gasteiger partial charge on any atom is 0.147 e. The van der Waals surface area contributed by atoms with Crippen LogP contribution in [0.3, 0.4) is 0 Å². The molecule has 0 aliphatic rings. The van der Waals surface area contributed by atoms with Gasteiger partial charge in [0, 0.05) is 16.8 Å². The largest absolute Gasteiger partial charge is 0.310 e. The summed E-state index contributed by atoms with van der Waals surface area (Å²) in [6.45, 7) is 5.05. The van der Waals surface area contributed by atoms with Crippen LogP contribution in [0.2, 0.25) is 0 Å². The molecule has 0 amide bonds. The second-order valence-corrected chi connectivity index (χ2v) is 8.10. The summed E-state index contributed by atoms with van der Waals surface area (Å²) < 4.78 is 23.7. The third kappa shape index (κ3) is 6.06. The molecule has 0 spiro atoms. The SMILES string of the molecule is CCCNC(CCS(C)(=O)=O)c1cc(Br)ccc1C. The molecular weight excluding hydrogens is 326 g/mol. The topological polar surface area (TPSA) is 46.2 Å². The Kier molecular flexibility index (Phi) is 6.50. The molecule has 0 heterocycles. The monoisotopic (exact) mass is 347 g/mol. The summed E-state index contributed by atoms with van der Waals surface area (Å²) in [5, 5.41) is 3.44. The van der Waals surface area contributed by atoms with Crippen LogP contribution in [0.5, 0.6) is 0 Å². The molecule has 0 aliphatic heterocycles. The molecule has 19 heavy (non-hydrogen) atoms. The zero-order valence-corrected chi connectivity index (χ0v) is 14.1. The first-order valence-electron chi connectivity index (χ1n) is 6.50. The highest BCUT2D eigenvalue weighted by molar-refractivity contribution is 9.10. The standard InChI is InChI=1S/C14H22BrNO2S/c1-4-8-16-14(7-9-19(3,17)18)13-10-12(15)6-5-11(13)2/h5-6,10,14,16H,4,7-9H2,1-3H3. The van der Waals surface area contributed by atoms with E-state index in [9.17, 15) is 8.42 Å². The molecule has 1 rings (SSSR count). The molecule has 5 heteroatoms. The maximum atomic E-state index is 11.4. The van der Waals surface area contributed by atoms with Gasteiger partial charge in [0.25, 0.3) is 0 Å². The Bertz CT molecular complexity index is 514. The molecule has 1 aromatic carbocycles. The molecule has 0 saturated heterocycles. The normalized spacial score (nSPS) is 13.5. The van der Waals surface area contributed by atoms with Crippen molar-refractivity contribution >= 4 is 25.8 Å². The van der Waals surface area contributed by atoms with Crippen molar-refractivity contribution in [2.75, 3.05) is 18.6 Å². The molecule has 0 radical (unpaired) electrons. The fourth-order valence-electron chi connectivity index (χ4n) is 2.00. The maximum absolute atomic E-state index is 11.4. The van der Waals surface area contributed by atoms with Gasteiger partial charge in [-0.2, -0.15) is 0 Å². The quantitative estimate of drug-likeness (QED) is 0.823. The van der Waals surface area contributed by atoms with Crippen LogP contribution in [0.15, 0.2) is 22.7 Å². The lowest BCUT2D eigenvalue weighted by Crippen LogP contribution is -2.25. The number of halogens is 1. The molecule has 3 nitrogen and oxygen atoms in total. The third-order valence-corrected chi connectivity index (χ3v) is 4.51. The van der Waals surface area contributed by atoms with Crippen molar-refractivity contribution in [2.45, 2.75) is 32.7 Å². The molecule has 0 aliphatic carbocycles. The number of hydrogen-bond acceptors (Lipinski definition) is 3. The molecule has 1 atom stereocenters. The number of sulfone groups is 1. The van der Waals surface area contributed by atoms with E-state index in [0.29, 0.717) is 6.42 Å². The smallest absolute Gasteiger partial charge is 0.147 e. The van der Waals surface area contributed by atoms with Gasteiger partial charge in [0.15, 0.2) is 0 Å². The summed E-state index contributed by atoms with van der Waals surface area (Å²) >= 11 is 3.48. The van der Waals surface area contributed by atoms with Gasteiger partial charge in [0.1, 0.15) is 9.84 Å². The van der Waals surface area contributed by atoms with E-state index in [1.54, 1.807) is 0 Å². The van der Waals surface area contributed by atoms with Crippen LogP contribution in [0.25, 0.3) is 0 Å². The Morgan fingerprint density at radius 2 is 2.05 bits per heavy atom. The van der Waals surface area contributed by atoms with E-state index in [2.05, 4.69) is 47.2 Å². The van der Waals surface area contributed by atoms with E-state index in [0.717, 1.165) is 17.4 Å². The molecule has 0 saturated carbocycles. The van der Waals surface area contributed by atoms with Crippen molar-refractivity contribution in [3.05, 3.63) is 33.8 Å². The van der Waals surface area contributed by atoms with Gasteiger partial charge in [0.2, 0.25) is 0 Å².